The molecule has 1 heterocycles. The van der Waals surface area contributed by atoms with Gasteiger partial charge in [0.05, 0.1) is 16.3 Å². The first-order chi connectivity index (χ1) is 7.13. The van der Waals surface area contributed by atoms with Crippen molar-refractivity contribution in [1.82, 2.24) is 0 Å². The molecule has 0 atom stereocenters. The fourth-order valence-corrected chi connectivity index (χ4v) is 2.45. The molecular weight excluding hydrogens is 234 g/mol. The molecule has 0 radical (unpaired) electrons. The van der Waals surface area contributed by atoms with E-state index in [1.165, 1.54) is 0 Å². The van der Waals surface area contributed by atoms with Gasteiger partial charge in [0.2, 0.25) is 0 Å². The number of rotatable bonds is 2. The van der Waals surface area contributed by atoms with E-state index in [1.807, 2.05) is 6.92 Å². The van der Waals surface area contributed by atoms with Crippen LogP contribution in [-0.2, 0) is 4.79 Å². The summed E-state index contributed by atoms with van der Waals surface area (Å²) >= 11 is 7.56. The van der Waals surface area contributed by atoms with Gasteiger partial charge in [0.15, 0.2) is 0 Å². The van der Waals surface area contributed by atoms with Gasteiger partial charge in [-0.25, -0.2) is 0 Å². The summed E-state index contributed by atoms with van der Waals surface area (Å²) in [6.45, 7) is 2.01. The van der Waals surface area contributed by atoms with Crippen molar-refractivity contribution in [2.45, 2.75) is 11.8 Å². The van der Waals surface area contributed by atoms with E-state index < -0.39 is 11.7 Å². The Morgan fingerprint density at radius 3 is 2.80 bits per heavy atom. The molecule has 1 aromatic carbocycles. The third-order valence-corrected chi connectivity index (χ3v) is 3.43. The number of carbonyl (C=O) groups excluding carboxylic acids is 2. The molecule has 2 rings (SSSR count). The average molecular weight is 242 g/mol. The van der Waals surface area contributed by atoms with E-state index in [-0.39, 0.29) is 0 Å². The van der Waals surface area contributed by atoms with E-state index in [0.29, 0.717) is 16.3 Å². The van der Waals surface area contributed by atoms with Gasteiger partial charge in [-0.05, 0) is 17.9 Å². The van der Waals surface area contributed by atoms with Crippen LogP contribution in [-0.4, -0.2) is 17.4 Å². The molecule has 15 heavy (non-hydrogen) atoms. The molecule has 1 N–H and O–H groups in total. The number of Topliss-reactive ketones (excluding diaryl/α,β-unsaturated/α-hetero) is 1. The van der Waals surface area contributed by atoms with E-state index in [9.17, 15) is 9.59 Å². The van der Waals surface area contributed by atoms with Crippen LogP contribution in [0.15, 0.2) is 17.0 Å². The number of anilines is 1. The maximum absolute atomic E-state index is 11.3. The van der Waals surface area contributed by atoms with E-state index in [0.717, 1.165) is 10.6 Å². The molecule has 0 aromatic heterocycles. The SMILES string of the molecule is CCSc1cc2c(cc1Cl)C(=O)C(=O)N2. The molecule has 1 aliphatic heterocycles. The normalized spacial score (nSPS) is 14.0. The number of hydrogen-bond acceptors (Lipinski definition) is 3. The molecule has 0 spiro atoms. The Morgan fingerprint density at radius 2 is 2.13 bits per heavy atom. The fraction of sp³-hybridized carbons (Fsp3) is 0.200. The van der Waals surface area contributed by atoms with Gasteiger partial charge in [0.1, 0.15) is 0 Å². The molecule has 0 bridgehead atoms. The summed E-state index contributed by atoms with van der Waals surface area (Å²) in [6, 6.07) is 3.30. The number of amides is 1. The second-order valence-corrected chi connectivity index (χ2v) is 4.76. The van der Waals surface area contributed by atoms with Crippen LogP contribution in [0.25, 0.3) is 0 Å². The van der Waals surface area contributed by atoms with Crippen LogP contribution in [0, 0.1) is 0 Å². The molecule has 0 saturated carbocycles. The van der Waals surface area contributed by atoms with E-state index in [4.69, 9.17) is 11.6 Å². The highest BCUT2D eigenvalue weighted by atomic mass is 35.5. The van der Waals surface area contributed by atoms with Crippen molar-refractivity contribution < 1.29 is 9.59 Å². The minimum absolute atomic E-state index is 0.366. The predicted octanol–water partition coefficient (Wildman–Crippen LogP) is 2.59. The summed E-state index contributed by atoms with van der Waals surface area (Å²) in [5.41, 5.74) is 0.927. The van der Waals surface area contributed by atoms with Gasteiger partial charge in [-0.3, -0.25) is 9.59 Å². The summed E-state index contributed by atoms with van der Waals surface area (Å²) < 4.78 is 0. The number of benzene rings is 1. The lowest BCUT2D eigenvalue weighted by atomic mass is 10.1. The molecule has 5 heteroatoms. The topological polar surface area (TPSA) is 46.2 Å². The summed E-state index contributed by atoms with van der Waals surface area (Å²) in [5.74, 6) is -0.208. The monoisotopic (exact) mass is 241 g/mol. The molecule has 0 unspecified atom stereocenters. The standard InChI is InChI=1S/C10H8ClNO2S/c1-2-15-8-4-7-5(3-6(8)11)9(13)10(14)12-7/h3-4H,2H2,1H3,(H,12,13,14). The molecule has 1 aliphatic rings. The number of halogens is 1. The van der Waals surface area contributed by atoms with Crippen molar-refractivity contribution in [3.63, 3.8) is 0 Å². The smallest absolute Gasteiger partial charge is 0.296 e. The van der Waals surface area contributed by atoms with E-state index in [2.05, 4.69) is 5.32 Å². The summed E-state index contributed by atoms with van der Waals surface area (Å²) in [6.07, 6.45) is 0. The number of hydrogen-bond donors (Lipinski definition) is 1. The first-order valence-electron chi connectivity index (χ1n) is 4.45. The molecule has 78 valence electrons. The van der Waals surface area contributed by atoms with Gasteiger partial charge in [-0.15, -0.1) is 11.8 Å². The van der Waals surface area contributed by atoms with Gasteiger partial charge < -0.3 is 5.32 Å². The Balaban J connectivity index is 2.49. The minimum atomic E-state index is -0.584. The number of fused-ring (bicyclic) bond motifs is 1. The van der Waals surface area contributed by atoms with Crippen LogP contribution in [0.1, 0.15) is 17.3 Å². The van der Waals surface area contributed by atoms with Crippen molar-refractivity contribution in [3.8, 4) is 0 Å². The highest BCUT2D eigenvalue weighted by molar-refractivity contribution is 7.99. The van der Waals surface area contributed by atoms with Crippen LogP contribution in [0.3, 0.4) is 0 Å². The zero-order valence-corrected chi connectivity index (χ0v) is 9.54. The summed E-state index contributed by atoms with van der Waals surface area (Å²) in [7, 11) is 0. The number of nitrogens with one attached hydrogen (secondary N) is 1. The molecule has 1 amide bonds. The number of thioether (sulfide) groups is 1. The van der Waals surface area contributed by atoms with Gasteiger partial charge >= 0.3 is 0 Å². The van der Waals surface area contributed by atoms with Crippen LogP contribution in [0.5, 0.6) is 0 Å². The Kier molecular flexibility index (Phi) is 2.71. The summed E-state index contributed by atoms with van der Waals surface area (Å²) in [4.78, 5) is 23.3. The highest BCUT2D eigenvalue weighted by Gasteiger charge is 2.28. The largest absolute Gasteiger partial charge is 0.318 e. The fourth-order valence-electron chi connectivity index (χ4n) is 1.41. The van der Waals surface area contributed by atoms with Crippen LogP contribution < -0.4 is 5.32 Å². The third-order valence-electron chi connectivity index (χ3n) is 2.07. The maximum atomic E-state index is 11.3. The average Bonchev–Trinajstić information content (AvgIpc) is 2.46. The second kappa shape index (κ2) is 3.87. The first kappa shape index (κ1) is 10.5. The Labute approximate surface area is 96.2 Å². The third kappa shape index (κ3) is 1.75. The zero-order valence-electron chi connectivity index (χ0n) is 7.96. The Bertz CT molecular complexity index is 459. The van der Waals surface area contributed by atoms with Gasteiger partial charge in [-0.2, -0.15) is 0 Å². The Hall–Kier alpha value is -1.00. The minimum Gasteiger partial charge on any atom is -0.318 e. The lowest BCUT2D eigenvalue weighted by Crippen LogP contribution is -2.12. The van der Waals surface area contributed by atoms with Gasteiger partial charge in [0.25, 0.3) is 11.7 Å². The second-order valence-electron chi connectivity index (χ2n) is 3.04. The molecule has 3 nitrogen and oxygen atoms in total. The van der Waals surface area contributed by atoms with Crippen LogP contribution >= 0.6 is 23.4 Å². The molecule has 0 saturated heterocycles. The predicted molar refractivity (Wildman–Crippen MR) is 60.8 cm³/mol. The number of carbonyl (C=O) groups is 2. The molecule has 1 aromatic rings. The molecule has 0 aliphatic carbocycles. The van der Waals surface area contributed by atoms with E-state index >= 15 is 0 Å². The first-order valence-corrected chi connectivity index (χ1v) is 5.82. The maximum Gasteiger partial charge on any atom is 0.296 e. The van der Waals surface area contributed by atoms with Crippen molar-refractivity contribution in [3.05, 3.63) is 22.7 Å². The van der Waals surface area contributed by atoms with Crippen molar-refractivity contribution in [1.29, 1.82) is 0 Å². The van der Waals surface area contributed by atoms with Crippen LogP contribution in [0.4, 0.5) is 5.69 Å². The number of ketones is 1. The lowest BCUT2D eigenvalue weighted by Gasteiger charge is -2.04. The van der Waals surface area contributed by atoms with Crippen molar-refractivity contribution in [2.24, 2.45) is 0 Å². The van der Waals surface area contributed by atoms with Gasteiger partial charge in [0, 0.05) is 4.90 Å². The quantitative estimate of drug-likeness (QED) is 0.640. The zero-order chi connectivity index (χ0) is 11.0. The van der Waals surface area contributed by atoms with Crippen LogP contribution in [0.2, 0.25) is 5.02 Å². The Morgan fingerprint density at radius 1 is 1.40 bits per heavy atom. The molecule has 0 fully saturated rings. The highest BCUT2D eigenvalue weighted by Crippen LogP contribution is 2.34. The van der Waals surface area contributed by atoms with Crippen molar-refractivity contribution in [2.75, 3.05) is 11.1 Å². The summed E-state index contributed by atoms with van der Waals surface area (Å²) in [5, 5.41) is 3.03. The lowest BCUT2D eigenvalue weighted by molar-refractivity contribution is -0.112. The van der Waals surface area contributed by atoms with Gasteiger partial charge in [-0.1, -0.05) is 18.5 Å². The van der Waals surface area contributed by atoms with E-state index in [1.54, 1.807) is 23.9 Å². The van der Waals surface area contributed by atoms with Crippen molar-refractivity contribution >= 4 is 40.7 Å². The molecular formula is C10H8ClNO2S.